The Bertz CT molecular complexity index is 538. The van der Waals surface area contributed by atoms with E-state index in [1.807, 2.05) is 12.1 Å². The molecule has 25 heavy (non-hydrogen) atoms. The Morgan fingerprint density at radius 2 is 2.00 bits per heavy atom. The highest BCUT2D eigenvalue weighted by molar-refractivity contribution is 5.70. The zero-order valence-corrected chi connectivity index (χ0v) is 15.5. The summed E-state index contributed by atoms with van der Waals surface area (Å²) in [6.45, 7) is 5.29. The molecule has 1 N–H and O–H groups in total. The average molecular weight is 349 g/mol. The van der Waals surface area contributed by atoms with E-state index in [0.717, 1.165) is 43.1 Å². The fourth-order valence-electron chi connectivity index (χ4n) is 3.29. The Labute approximate surface area is 150 Å². The van der Waals surface area contributed by atoms with Crippen LogP contribution in [0.15, 0.2) is 18.2 Å². The summed E-state index contributed by atoms with van der Waals surface area (Å²) in [7, 11) is 1.67. The van der Waals surface area contributed by atoms with Gasteiger partial charge in [-0.3, -0.25) is 9.69 Å². The maximum atomic E-state index is 11.1. The average Bonchev–Trinajstić information content (AvgIpc) is 2.63. The van der Waals surface area contributed by atoms with Crippen molar-refractivity contribution >= 4 is 5.97 Å². The molecule has 0 unspecified atom stereocenters. The van der Waals surface area contributed by atoms with Gasteiger partial charge in [0.15, 0.2) is 11.5 Å². The molecule has 1 fully saturated rings. The summed E-state index contributed by atoms with van der Waals surface area (Å²) in [6, 6.07) is 6.00. The number of carboxylic acid groups (broad SMARTS) is 1. The van der Waals surface area contributed by atoms with E-state index in [0.29, 0.717) is 19.4 Å². The molecule has 5 nitrogen and oxygen atoms in total. The lowest BCUT2D eigenvalue weighted by Gasteiger charge is -2.30. The van der Waals surface area contributed by atoms with Gasteiger partial charge in [0, 0.05) is 12.1 Å². The number of para-hydroxylation sites is 1. The maximum absolute atomic E-state index is 11.1. The maximum Gasteiger partial charge on any atom is 0.306 e. The van der Waals surface area contributed by atoms with Crippen LogP contribution in [0.3, 0.4) is 0 Å². The van der Waals surface area contributed by atoms with E-state index < -0.39 is 5.97 Å². The van der Waals surface area contributed by atoms with Crippen LogP contribution >= 0.6 is 0 Å². The Morgan fingerprint density at radius 3 is 2.64 bits per heavy atom. The fraction of sp³-hybridized carbons (Fsp3) is 0.650. The Hall–Kier alpha value is -1.75. The predicted molar refractivity (Wildman–Crippen MR) is 98.3 cm³/mol. The van der Waals surface area contributed by atoms with Gasteiger partial charge in [-0.1, -0.05) is 38.3 Å². The van der Waals surface area contributed by atoms with Crippen molar-refractivity contribution in [3.05, 3.63) is 23.8 Å². The molecule has 0 amide bonds. The lowest BCUT2D eigenvalue weighted by Crippen LogP contribution is -2.35. The highest BCUT2D eigenvalue weighted by Gasteiger charge is 2.25. The van der Waals surface area contributed by atoms with Gasteiger partial charge in [-0.05, 0) is 38.4 Å². The van der Waals surface area contributed by atoms with Gasteiger partial charge in [0.1, 0.15) is 0 Å². The number of likely N-dealkylation sites (tertiary alicyclic amines) is 1. The summed E-state index contributed by atoms with van der Waals surface area (Å²) < 4.78 is 11.5. The molecule has 1 saturated heterocycles. The molecule has 1 heterocycles. The zero-order valence-electron chi connectivity index (χ0n) is 15.5. The number of hydrogen-bond acceptors (Lipinski definition) is 4. The highest BCUT2D eigenvalue weighted by atomic mass is 16.5. The summed E-state index contributed by atoms with van der Waals surface area (Å²) in [5.41, 5.74) is 1.11. The first-order valence-electron chi connectivity index (χ1n) is 9.39. The number of rotatable bonds is 10. The van der Waals surface area contributed by atoms with E-state index >= 15 is 0 Å². The van der Waals surface area contributed by atoms with Crippen molar-refractivity contribution in [2.24, 2.45) is 5.92 Å². The third-order valence-electron chi connectivity index (χ3n) is 4.86. The second-order valence-electron chi connectivity index (χ2n) is 6.75. The molecule has 0 spiro atoms. The minimum absolute atomic E-state index is 0.198. The Kier molecular flexibility index (Phi) is 8.06. The molecule has 2 rings (SSSR count). The van der Waals surface area contributed by atoms with Crippen molar-refractivity contribution in [1.82, 2.24) is 4.90 Å². The van der Waals surface area contributed by atoms with E-state index in [1.165, 1.54) is 19.3 Å². The molecule has 0 radical (unpaired) electrons. The highest BCUT2D eigenvalue weighted by Crippen LogP contribution is 2.33. The summed E-state index contributed by atoms with van der Waals surface area (Å²) >= 11 is 0. The zero-order chi connectivity index (χ0) is 18.1. The monoisotopic (exact) mass is 349 g/mol. The number of ether oxygens (including phenoxy) is 2. The van der Waals surface area contributed by atoms with Crippen molar-refractivity contribution in [2.45, 2.75) is 52.0 Å². The summed E-state index contributed by atoms with van der Waals surface area (Å²) in [4.78, 5) is 13.4. The molecule has 0 bridgehead atoms. The molecule has 0 atom stereocenters. The number of carbonyl (C=O) groups is 1. The molecule has 1 aromatic rings. The van der Waals surface area contributed by atoms with Crippen LogP contribution in [0.2, 0.25) is 0 Å². The van der Waals surface area contributed by atoms with Gasteiger partial charge in [0.05, 0.1) is 19.6 Å². The van der Waals surface area contributed by atoms with Crippen molar-refractivity contribution in [2.75, 3.05) is 26.8 Å². The molecule has 0 saturated carbocycles. The van der Waals surface area contributed by atoms with Crippen LogP contribution in [0, 0.1) is 5.92 Å². The van der Waals surface area contributed by atoms with Gasteiger partial charge in [-0.15, -0.1) is 0 Å². The molecule has 0 aliphatic carbocycles. The number of methoxy groups -OCH3 is 1. The molecule has 140 valence electrons. The quantitative estimate of drug-likeness (QED) is 0.648. The van der Waals surface area contributed by atoms with E-state index in [9.17, 15) is 4.79 Å². The third kappa shape index (κ3) is 5.92. The third-order valence-corrected chi connectivity index (χ3v) is 4.86. The van der Waals surface area contributed by atoms with E-state index in [4.69, 9.17) is 14.6 Å². The Morgan fingerprint density at radius 1 is 1.24 bits per heavy atom. The largest absolute Gasteiger partial charge is 0.493 e. The topological polar surface area (TPSA) is 59.0 Å². The van der Waals surface area contributed by atoms with E-state index in [1.54, 1.807) is 7.11 Å². The van der Waals surface area contributed by atoms with Crippen molar-refractivity contribution < 1.29 is 19.4 Å². The number of carboxylic acids is 1. The standard InChI is InChI=1S/C20H31NO4/c1-3-4-5-6-14-25-19-17(8-7-9-18(19)24-2)15-21-12-10-16(11-13-21)20(22)23/h7-9,16H,3-6,10-15H2,1-2H3,(H,22,23). The van der Waals surface area contributed by atoms with Crippen LogP contribution in [-0.2, 0) is 11.3 Å². The molecule has 5 heteroatoms. The lowest BCUT2D eigenvalue weighted by atomic mass is 9.97. The Balaban J connectivity index is 1.96. The second kappa shape index (κ2) is 10.3. The van der Waals surface area contributed by atoms with E-state index in [-0.39, 0.29) is 5.92 Å². The van der Waals surface area contributed by atoms with Crippen LogP contribution < -0.4 is 9.47 Å². The summed E-state index contributed by atoms with van der Waals surface area (Å²) in [6.07, 6.45) is 6.12. The van der Waals surface area contributed by atoms with Gasteiger partial charge < -0.3 is 14.6 Å². The fourth-order valence-corrected chi connectivity index (χ4v) is 3.29. The molecular formula is C20H31NO4. The SMILES string of the molecule is CCCCCCOc1c(CN2CCC(C(=O)O)CC2)cccc1OC. The van der Waals surface area contributed by atoms with Crippen LogP contribution in [0.4, 0.5) is 0 Å². The first kappa shape index (κ1) is 19.6. The smallest absolute Gasteiger partial charge is 0.306 e. The number of unbranched alkanes of at least 4 members (excludes halogenated alkanes) is 3. The van der Waals surface area contributed by atoms with Crippen LogP contribution in [-0.4, -0.2) is 42.8 Å². The molecule has 0 aromatic heterocycles. The number of nitrogens with zero attached hydrogens (tertiary/aromatic N) is 1. The predicted octanol–water partition coefficient (Wildman–Crippen LogP) is 3.95. The van der Waals surface area contributed by atoms with Crippen molar-refractivity contribution in [1.29, 1.82) is 0 Å². The van der Waals surface area contributed by atoms with Gasteiger partial charge in [0.25, 0.3) is 0 Å². The van der Waals surface area contributed by atoms with Crippen LogP contribution in [0.1, 0.15) is 51.0 Å². The van der Waals surface area contributed by atoms with E-state index in [2.05, 4.69) is 17.9 Å². The summed E-state index contributed by atoms with van der Waals surface area (Å²) in [5.74, 6) is 0.739. The van der Waals surface area contributed by atoms with Crippen molar-refractivity contribution in [3.8, 4) is 11.5 Å². The summed E-state index contributed by atoms with van der Waals surface area (Å²) in [5, 5.41) is 9.13. The molecular weight excluding hydrogens is 318 g/mol. The van der Waals surface area contributed by atoms with Gasteiger partial charge >= 0.3 is 5.97 Å². The van der Waals surface area contributed by atoms with Gasteiger partial charge in [-0.2, -0.15) is 0 Å². The normalized spacial score (nSPS) is 15.9. The van der Waals surface area contributed by atoms with Crippen LogP contribution in [0.25, 0.3) is 0 Å². The molecule has 1 aromatic carbocycles. The number of benzene rings is 1. The minimum Gasteiger partial charge on any atom is -0.493 e. The van der Waals surface area contributed by atoms with Crippen LogP contribution in [0.5, 0.6) is 11.5 Å². The minimum atomic E-state index is -0.669. The first-order valence-corrected chi connectivity index (χ1v) is 9.39. The molecule has 1 aliphatic heterocycles. The first-order chi connectivity index (χ1) is 12.2. The number of hydrogen-bond donors (Lipinski definition) is 1. The number of piperidine rings is 1. The van der Waals surface area contributed by atoms with Crippen molar-refractivity contribution in [3.63, 3.8) is 0 Å². The number of aliphatic carboxylic acids is 1. The second-order valence-corrected chi connectivity index (χ2v) is 6.75. The lowest BCUT2D eigenvalue weighted by molar-refractivity contribution is -0.143. The van der Waals surface area contributed by atoms with Gasteiger partial charge in [0.2, 0.25) is 0 Å². The molecule has 1 aliphatic rings. The van der Waals surface area contributed by atoms with Gasteiger partial charge in [-0.25, -0.2) is 0 Å².